The van der Waals surface area contributed by atoms with Gasteiger partial charge in [0.15, 0.2) is 0 Å². The van der Waals surface area contributed by atoms with E-state index in [0.29, 0.717) is 0 Å². The molecular formula is C9H12N4O2. The lowest BCUT2D eigenvalue weighted by Gasteiger charge is -2.09. The van der Waals surface area contributed by atoms with E-state index in [1.54, 1.807) is 0 Å². The van der Waals surface area contributed by atoms with Gasteiger partial charge < -0.3 is 10.6 Å². The summed E-state index contributed by atoms with van der Waals surface area (Å²) in [6, 6.07) is 2.86. The SMILES string of the molecule is O=C(N[C@H]1CCNC1)c1ccc(=O)[nH]n1. The van der Waals surface area contributed by atoms with Crippen molar-refractivity contribution in [2.45, 2.75) is 12.5 Å². The van der Waals surface area contributed by atoms with Crippen molar-refractivity contribution in [1.82, 2.24) is 20.8 Å². The molecule has 0 bridgehead atoms. The van der Waals surface area contributed by atoms with E-state index in [9.17, 15) is 9.59 Å². The molecule has 2 rings (SSSR count). The highest BCUT2D eigenvalue weighted by Crippen LogP contribution is 1.98. The Morgan fingerprint density at radius 1 is 1.53 bits per heavy atom. The first-order valence-electron chi connectivity index (χ1n) is 4.83. The predicted molar refractivity (Wildman–Crippen MR) is 53.6 cm³/mol. The second-order valence-corrected chi connectivity index (χ2v) is 3.47. The quantitative estimate of drug-likeness (QED) is 0.573. The molecule has 1 aliphatic heterocycles. The van der Waals surface area contributed by atoms with Gasteiger partial charge in [0.2, 0.25) is 0 Å². The summed E-state index contributed by atoms with van der Waals surface area (Å²) in [6.07, 6.45) is 0.926. The minimum atomic E-state index is -0.311. The summed E-state index contributed by atoms with van der Waals surface area (Å²) in [6.45, 7) is 1.71. The zero-order chi connectivity index (χ0) is 10.7. The van der Waals surface area contributed by atoms with Crippen molar-refractivity contribution >= 4 is 5.91 Å². The summed E-state index contributed by atoms with van der Waals surface area (Å²) in [5, 5.41) is 11.8. The minimum Gasteiger partial charge on any atom is -0.347 e. The Labute approximate surface area is 86.1 Å². The molecule has 80 valence electrons. The maximum atomic E-state index is 11.6. The van der Waals surface area contributed by atoms with Crippen molar-refractivity contribution in [3.8, 4) is 0 Å². The van der Waals surface area contributed by atoms with Gasteiger partial charge in [-0.2, -0.15) is 5.10 Å². The van der Waals surface area contributed by atoms with Crippen LogP contribution in [0.5, 0.6) is 0 Å². The van der Waals surface area contributed by atoms with Crippen molar-refractivity contribution in [3.05, 3.63) is 28.2 Å². The van der Waals surface area contributed by atoms with Gasteiger partial charge in [-0.3, -0.25) is 9.59 Å². The zero-order valence-electron chi connectivity index (χ0n) is 8.12. The van der Waals surface area contributed by atoms with Crippen LogP contribution in [0.1, 0.15) is 16.9 Å². The summed E-state index contributed by atoms with van der Waals surface area (Å²) < 4.78 is 0. The van der Waals surface area contributed by atoms with E-state index < -0.39 is 0 Å². The highest BCUT2D eigenvalue weighted by molar-refractivity contribution is 5.92. The molecule has 1 aliphatic rings. The predicted octanol–water partition coefficient (Wildman–Crippen LogP) is -1.14. The van der Waals surface area contributed by atoms with E-state index in [1.165, 1.54) is 12.1 Å². The fourth-order valence-corrected chi connectivity index (χ4v) is 1.51. The molecule has 1 fully saturated rings. The van der Waals surface area contributed by atoms with E-state index in [4.69, 9.17) is 0 Å². The Morgan fingerprint density at radius 2 is 2.40 bits per heavy atom. The molecule has 6 nitrogen and oxygen atoms in total. The largest absolute Gasteiger partial charge is 0.347 e. The Morgan fingerprint density at radius 3 is 3.00 bits per heavy atom. The van der Waals surface area contributed by atoms with Gasteiger partial charge in [0, 0.05) is 18.7 Å². The molecule has 0 spiro atoms. The Bertz CT molecular complexity index is 388. The second-order valence-electron chi connectivity index (χ2n) is 3.47. The number of nitrogens with one attached hydrogen (secondary N) is 3. The van der Waals surface area contributed by atoms with Gasteiger partial charge in [-0.1, -0.05) is 0 Å². The van der Waals surface area contributed by atoms with Crippen LogP contribution in [0.2, 0.25) is 0 Å². The summed E-state index contributed by atoms with van der Waals surface area (Å²) >= 11 is 0. The molecule has 1 aromatic heterocycles. The van der Waals surface area contributed by atoms with Gasteiger partial charge in [-0.05, 0) is 19.0 Å². The molecule has 0 radical (unpaired) electrons. The molecule has 2 heterocycles. The van der Waals surface area contributed by atoms with Crippen LogP contribution >= 0.6 is 0 Å². The molecule has 0 unspecified atom stereocenters. The third-order valence-electron chi connectivity index (χ3n) is 2.31. The molecule has 1 saturated heterocycles. The number of aromatic amines is 1. The highest BCUT2D eigenvalue weighted by Gasteiger charge is 2.17. The molecule has 3 N–H and O–H groups in total. The lowest BCUT2D eigenvalue weighted by molar-refractivity contribution is 0.0934. The number of hydrogen-bond acceptors (Lipinski definition) is 4. The van der Waals surface area contributed by atoms with E-state index in [1.807, 2.05) is 0 Å². The fraction of sp³-hybridized carbons (Fsp3) is 0.444. The van der Waals surface area contributed by atoms with Gasteiger partial charge in [0.25, 0.3) is 11.5 Å². The summed E-state index contributed by atoms with van der Waals surface area (Å²) in [5.41, 5.74) is -0.0735. The normalized spacial score (nSPS) is 20.1. The van der Waals surface area contributed by atoms with Crippen molar-refractivity contribution in [3.63, 3.8) is 0 Å². The topological polar surface area (TPSA) is 86.9 Å². The first-order valence-corrected chi connectivity index (χ1v) is 4.83. The first-order chi connectivity index (χ1) is 7.25. The van der Waals surface area contributed by atoms with Crippen LogP contribution in [0.15, 0.2) is 16.9 Å². The molecule has 15 heavy (non-hydrogen) atoms. The molecule has 0 saturated carbocycles. The lowest BCUT2D eigenvalue weighted by Crippen LogP contribution is -2.37. The van der Waals surface area contributed by atoms with E-state index in [2.05, 4.69) is 20.8 Å². The highest BCUT2D eigenvalue weighted by atomic mass is 16.2. The number of aromatic nitrogens is 2. The van der Waals surface area contributed by atoms with Crippen LogP contribution in [0.25, 0.3) is 0 Å². The number of hydrogen-bond donors (Lipinski definition) is 3. The third kappa shape index (κ3) is 2.41. The van der Waals surface area contributed by atoms with Gasteiger partial charge >= 0.3 is 0 Å². The standard InChI is InChI=1S/C9H12N4O2/c14-8-2-1-7(12-13-8)9(15)11-6-3-4-10-5-6/h1-2,6,10H,3-5H2,(H,11,15)(H,13,14)/t6-/m0/s1. The number of H-pyrrole nitrogens is 1. The van der Waals surface area contributed by atoms with Gasteiger partial charge in [0.1, 0.15) is 5.69 Å². The minimum absolute atomic E-state index is 0.159. The van der Waals surface area contributed by atoms with Crippen LogP contribution in [0.3, 0.4) is 0 Å². The third-order valence-corrected chi connectivity index (χ3v) is 2.31. The lowest BCUT2D eigenvalue weighted by atomic mass is 10.2. The Balaban J connectivity index is 2.01. The van der Waals surface area contributed by atoms with Crippen molar-refractivity contribution in [2.24, 2.45) is 0 Å². The zero-order valence-corrected chi connectivity index (χ0v) is 8.12. The second kappa shape index (κ2) is 4.22. The molecule has 1 aromatic rings. The number of nitrogens with zero attached hydrogens (tertiary/aromatic N) is 1. The maximum Gasteiger partial charge on any atom is 0.271 e. The van der Waals surface area contributed by atoms with E-state index >= 15 is 0 Å². The van der Waals surface area contributed by atoms with Crippen LogP contribution in [-0.2, 0) is 0 Å². The molecule has 6 heteroatoms. The average Bonchev–Trinajstić information content (AvgIpc) is 2.71. The molecule has 1 atom stereocenters. The van der Waals surface area contributed by atoms with Crippen LogP contribution in [0, 0.1) is 0 Å². The summed E-state index contributed by atoms with van der Waals surface area (Å²) in [7, 11) is 0. The smallest absolute Gasteiger partial charge is 0.271 e. The van der Waals surface area contributed by atoms with Crippen molar-refractivity contribution < 1.29 is 4.79 Å². The number of carbonyl (C=O) groups is 1. The van der Waals surface area contributed by atoms with Crippen LogP contribution in [-0.4, -0.2) is 35.2 Å². The fourth-order valence-electron chi connectivity index (χ4n) is 1.51. The molecular weight excluding hydrogens is 196 g/mol. The first kappa shape index (κ1) is 9.85. The summed E-state index contributed by atoms with van der Waals surface area (Å²) in [4.78, 5) is 22.3. The maximum absolute atomic E-state index is 11.6. The van der Waals surface area contributed by atoms with Crippen molar-refractivity contribution in [1.29, 1.82) is 0 Å². The van der Waals surface area contributed by atoms with Crippen molar-refractivity contribution in [2.75, 3.05) is 13.1 Å². The number of amides is 1. The van der Waals surface area contributed by atoms with Crippen LogP contribution < -0.4 is 16.2 Å². The number of rotatable bonds is 2. The van der Waals surface area contributed by atoms with Crippen LogP contribution in [0.4, 0.5) is 0 Å². The average molecular weight is 208 g/mol. The summed E-state index contributed by atoms with van der Waals surface area (Å²) in [5.74, 6) is -0.250. The Kier molecular flexibility index (Phi) is 2.77. The van der Waals surface area contributed by atoms with E-state index in [0.717, 1.165) is 19.5 Å². The number of carbonyl (C=O) groups excluding carboxylic acids is 1. The van der Waals surface area contributed by atoms with Gasteiger partial charge in [0.05, 0.1) is 0 Å². The molecule has 0 aromatic carbocycles. The van der Waals surface area contributed by atoms with Gasteiger partial charge in [-0.25, -0.2) is 5.10 Å². The Hall–Kier alpha value is -1.69. The van der Waals surface area contributed by atoms with E-state index in [-0.39, 0.29) is 23.2 Å². The molecule has 1 amide bonds. The monoisotopic (exact) mass is 208 g/mol. The van der Waals surface area contributed by atoms with Gasteiger partial charge in [-0.15, -0.1) is 0 Å². The molecule has 0 aliphatic carbocycles.